The van der Waals surface area contributed by atoms with E-state index in [2.05, 4.69) is 6.08 Å². The van der Waals surface area contributed by atoms with E-state index in [4.69, 9.17) is 4.74 Å². The molecule has 0 unspecified atom stereocenters. The van der Waals surface area contributed by atoms with Gasteiger partial charge in [0.1, 0.15) is 0 Å². The number of rotatable bonds is 3. The molecule has 1 saturated heterocycles. The number of nitrogens with zero attached hydrogens (tertiary/aromatic N) is 1. The third kappa shape index (κ3) is 3.17. The van der Waals surface area contributed by atoms with E-state index in [9.17, 15) is 9.59 Å². The Bertz CT molecular complexity index is 402. The van der Waals surface area contributed by atoms with E-state index in [1.54, 1.807) is 0 Å². The van der Waals surface area contributed by atoms with E-state index >= 15 is 0 Å². The van der Waals surface area contributed by atoms with Gasteiger partial charge in [0.15, 0.2) is 0 Å². The molecule has 0 aromatic carbocycles. The minimum absolute atomic E-state index is 0.153. The van der Waals surface area contributed by atoms with Crippen LogP contribution < -0.4 is 0 Å². The third-order valence-electron chi connectivity index (χ3n) is 4.27. The summed E-state index contributed by atoms with van der Waals surface area (Å²) < 4.78 is 4.83. The molecular formula is C15H23NO3. The van der Waals surface area contributed by atoms with E-state index in [1.165, 1.54) is 25.5 Å². The number of methoxy groups -OCH3 is 1. The Hall–Kier alpha value is -1.32. The van der Waals surface area contributed by atoms with E-state index in [0.717, 1.165) is 12.8 Å². The van der Waals surface area contributed by atoms with Gasteiger partial charge in [-0.1, -0.05) is 11.6 Å². The SMILES string of the molecule is COC(=O)[C@]1(C)CCN(C(=O)CC2=CCCCC2)C1. The van der Waals surface area contributed by atoms with Crippen molar-refractivity contribution < 1.29 is 14.3 Å². The third-order valence-corrected chi connectivity index (χ3v) is 4.27. The number of likely N-dealkylation sites (tertiary alicyclic amines) is 1. The van der Waals surface area contributed by atoms with Crippen molar-refractivity contribution in [3.8, 4) is 0 Å². The van der Waals surface area contributed by atoms with Crippen LogP contribution in [0.3, 0.4) is 0 Å². The van der Waals surface area contributed by atoms with Gasteiger partial charge in [0.05, 0.1) is 12.5 Å². The molecule has 19 heavy (non-hydrogen) atoms. The second-order valence-corrected chi connectivity index (χ2v) is 5.90. The van der Waals surface area contributed by atoms with Crippen LogP contribution in [0.25, 0.3) is 0 Å². The summed E-state index contributed by atoms with van der Waals surface area (Å²) >= 11 is 0. The molecule has 1 aliphatic carbocycles. The van der Waals surface area contributed by atoms with Gasteiger partial charge in [0.25, 0.3) is 0 Å². The molecule has 106 valence electrons. The topological polar surface area (TPSA) is 46.6 Å². The van der Waals surface area contributed by atoms with Crippen LogP contribution in [-0.4, -0.2) is 37.0 Å². The Morgan fingerprint density at radius 2 is 2.21 bits per heavy atom. The van der Waals surface area contributed by atoms with Crippen molar-refractivity contribution in [1.82, 2.24) is 4.90 Å². The average Bonchev–Trinajstić information content (AvgIpc) is 2.83. The standard InChI is InChI=1S/C15H23NO3/c1-15(14(18)19-2)8-9-16(11-15)13(17)10-12-6-4-3-5-7-12/h6H,3-5,7-11H2,1-2H3/t15-/m1/s1. The zero-order valence-corrected chi connectivity index (χ0v) is 11.9. The molecule has 0 bridgehead atoms. The molecule has 0 aromatic heterocycles. The van der Waals surface area contributed by atoms with Crippen LogP contribution in [0.1, 0.15) is 45.4 Å². The molecular weight excluding hydrogens is 242 g/mol. The summed E-state index contributed by atoms with van der Waals surface area (Å²) in [5, 5.41) is 0. The van der Waals surface area contributed by atoms with Crippen molar-refractivity contribution in [3.63, 3.8) is 0 Å². The molecule has 1 atom stereocenters. The highest BCUT2D eigenvalue weighted by molar-refractivity contribution is 5.82. The van der Waals surface area contributed by atoms with Crippen LogP contribution in [0.2, 0.25) is 0 Å². The Labute approximate surface area is 114 Å². The molecule has 4 heteroatoms. The molecule has 4 nitrogen and oxygen atoms in total. The molecule has 0 spiro atoms. The highest BCUT2D eigenvalue weighted by atomic mass is 16.5. The van der Waals surface area contributed by atoms with E-state index in [0.29, 0.717) is 25.9 Å². The second kappa shape index (κ2) is 5.76. The first-order valence-corrected chi connectivity index (χ1v) is 7.09. The van der Waals surface area contributed by atoms with Crippen LogP contribution in [0.4, 0.5) is 0 Å². The van der Waals surface area contributed by atoms with Gasteiger partial charge in [-0.25, -0.2) is 0 Å². The number of hydrogen-bond acceptors (Lipinski definition) is 3. The monoisotopic (exact) mass is 265 g/mol. The molecule has 0 aromatic rings. The minimum atomic E-state index is -0.522. The highest BCUT2D eigenvalue weighted by Gasteiger charge is 2.42. The fraction of sp³-hybridized carbons (Fsp3) is 0.733. The van der Waals surface area contributed by atoms with Gasteiger partial charge in [-0.05, 0) is 39.0 Å². The summed E-state index contributed by atoms with van der Waals surface area (Å²) in [6, 6.07) is 0. The predicted molar refractivity (Wildman–Crippen MR) is 72.5 cm³/mol. The summed E-state index contributed by atoms with van der Waals surface area (Å²) in [5.74, 6) is -0.0551. The van der Waals surface area contributed by atoms with Gasteiger partial charge >= 0.3 is 5.97 Å². The zero-order chi connectivity index (χ0) is 13.9. The van der Waals surface area contributed by atoms with Crippen LogP contribution in [0.5, 0.6) is 0 Å². The minimum Gasteiger partial charge on any atom is -0.469 e. The molecule has 1 fully saturated rings. The van der Waals surface area contributed by atoms with Gasteiger partial charge in [-0.3, -0.25) is 9.59 Å². The lowest BCUT2D eigenvalue weighted by atomic mass is 9.90. The van der Waals surface area contributed by atoms with Crippen molar-refractivity contribution in [2.45, 2.75) is 45.4 Å². The van der Waals surface area contributed by atoms with Gasteiger partial charge in [0.2, 0.25) is 5.91 Å². The van der Waals surface area contributed by atoms with Gasteiger partial charge in [0, 0.05) is 19.5 Å². The van der Waals surface area contributed by atoms with Crippen LogP contribution >= 0.6 is 0 Å². The van der Waals surface area contributed by atoms with Gasteiger partial charge in [-0.2, -0.15) is 0 Å². The van der Waals surface area contributed by atoms with E-state index < -0.39 is 5.41 Å². The molecule has 1 aliphatic heterocycles. The molecule has 1 heterocycles. The molecule has 0 radical (unpaired) electrons. The number of esters is 1. The average molecular weight is 265 g/mol. The largest absolute Gasteiger partial charge is 0.469 e. The predicted octanol–water partition coefficient (Wildman–Crippen LogP) is 2.29. The lowest BCUT2D eigenvalue weighted by molar-refractivity contribution is -0.151. The summed E-state index contributed by atoms with van der Waals surface area (Å²) in [6.45, 7) is 3.04. The Morgan fingerprint density at radius 1 is 1.42 bits per heavy atom. The maximum absolute atomic E-state index is 12.2. The molecule has 1 amide bonds. The molecule has 0 N–H and O–H groups in total. The van der Waals surface area contributed by atoms with Gasteiger partial charge in [-0.15, -0.1) is 0 Å². The van der Waals surface area contributed by atoms with Crippen molar-refractivity contribution in [2.24, 2.45) is 5.41 Å². The maximum atomic E-state index is 12.2. The van der Waals surface area contributed by atoms with Crippen molar-refractivity contribution in [2.75, 3.05) is 20.2 Å². The zero-order valence-electron chi connectivity index (χ0n) is 11.9. The smallest absolute Gasteiger partial charge is 0.313 e. The first-order valence-electron chi connectivity index (χ1n) is 7.09. The summed E-state index contributed by atoms with van der Waals surface area (Å²) in [7, 11) is 1.41. The number of hydrogen-bond donors (Lipinski definition) is 0. The Morgan fingerprint density at radius 3 is 2.84 bits per heavy atom. The summed E-state index contributed by atoms with van der Waals surface area (Å²) in [4.78, 5) is 25.8. The highest BCUT2D eigenvalue weighted by Crippen LogP contribution is 2.32. The fourth-order valence-corrected chi connectivity index (χ4v) is 2.96. The van der Waals surface area contributed by atoms with Crippen LogP contribution in [0, 0.1) is 5.41 Å². The van der Waals surface area contributed by atoms with Crippen molar-refractivity contribution in [3.05, 3.63) is 11.6 Å². The Balaban J connectivity index is 1.91. The number of amides is 1. The molecule has 0 saturated carbocycles. The molecule has 2 aliphatic rings. The second-order valence-electron chi connectivity index (χ2n) is 5.90. The van der Waals surface area contributed by atoms with Crippen LogP contribution in [0.15, 0.2) is 11.6 Å². The lowest BCUT2D eigenvalue weighted by Gasteiger charge is -2.22. The van der Waals surface area contributed by atoms with Crippen molar-refractivity contribution >= 4 is 11.9 Å². The fourth-order valence-electron chi connectivity index (χ4n) is 2.96. The first kappa shape index (κ1) is 14.1. The lowest BCUT2D eigenvalue weighted by Crippen LogP contribution is -2.35. The normalized spacial score (nSPS) is 27.1. The van der Waals surface area contributed by atoms with Crippen LogP contribution in [-0.2, 0) is 14.3 Å². The first-order chi connectivity index (χ1) is 9.05. The number of carbonyl (C=O) groups is 2. The van der Waals surface area contributed by atoms with E-state index in [1.807, 2.05) is 11.8 Å². The quantitative estimate of drug-likeness (QED) is 0.581. The number of ether oxygens (including phenoxy) is 1. The summed E-state index contributed by atoms with van der Waals surface area (Å²) in [5.41, 5.74) is 0.744. The van der Waals surface area contributed by atoms with Crippen molar-refractivity contribution in [1.29, 1.82) is 0 Å². The number of carbonyl (C=O) groups excluding carboxylic acids is 2. The van der Waals surface area contributed by atoms with E-state index in [-0.39, 0.29) is 11.9 Å². The molecule has 2 rings (SSSR count). The Kier molecular flexibility index (Phi) is 4.27. The number of allylic oxidation sites excluding steroid dienone is 1. The van der Waals surface area contributed by atoms with Gasteiger partial charge < -0.3 is 9.64 Å². The summed E-state index contributed by atoms with van der Waals surface area (Å²) in [6.07, 6.45) is 8.01. The maximum Gasteiger partial charge on any atom is 0.313 e.